The minimum absolute atomic E-state index is 0.0463. The van der Waals surface area contributed by atoms with Gasteiger partial charge in [0, 0.05) is 17.5 Å². The van der Waals surface area contributed by atoms with Crippen molar-refractivity contribution in [3.8, 4) is 5.75 Å². The lowest BCUT2D eigenvalue weighted by Crippen LogP contribution is -2.38. The minimum Gasteiger partial charge on any atom is -0.507 e. The molecule has 0 saturated carbocycles. The van der Waals surface area contributed by atoms with Crippen LogP contribution in [-0.2, 0) is 33.8 Å². The number of hydrogen-bond donors (Lipinski definition) is 2. The molecule has 1 saturated heterocycles. The number of hydrogen-bond acceptors (Lipinski definition) is 8. The van der Waals surface area contributed by atoms with E-state index in [-0.39, 0.29) is 35.6 Å². The molecule has 1 aromatic carbocycles. The molecule has 160 valence electrons. The maximum Gasteiger partial charge on any atom is 0.410 e. The Bertz CT molecular complexity index is 1040. The number of nitrogens with zero attached hydrogens (tertiary/aromatic N) is 1. The summed E-state index contributed by atoms with van der Waals surface area (Å²) in [4.78, 5) is 26.4. The number of carbonyl (C=O) groups is 1. The number of amides is 1. The molecule has 1 amide bonds. The molecule has 30 heavy (non-hydrogen) atoms. The Kier molecular flexibility index (Phi) is 5.76. The maximum atomic E-state index is 12.8. The Balaban J connectivity index is 1.82. The van der Waals surface area contributed by atoms with Crippen molar-refractivity contribution < 1.29 is 33.6 Å². The Hall–Kier alpha value is -2.88. The second-order valence-electron chi connectivity index (χ2n) is 7.14. The highest BCUT2D eigenvalue weighted by molar-refractivity contribution is 5.88. The molecule has 1 aromatic heterocycles. The molecular formula is C21H23NO8. The van der Waals surface area contributed by atoms with Gasteiger partial charge in [-0.25, -0.2) is 9.59 Å². The Labute approximate surface area is 172 Å². The van der Waals surface area contributed by atoms with E-state index in [1.807, 2.05) is 0 Å². The van der Waals surface area contributed by atoms with Crippen molar-refractivity contribution in [2.45, 2.75) is 32.3 Å². The number of fused-ring (bicyclic) bond motifs is 3. The van der Waals surface area contributed by atoms with Gasteiger partial charge in [0.05, 0.1) is 37.5 Å². The zero-order valence-corrected chi connectivity index (χ0v) is 16.4. The molecule has 0 radical (unpaired) electrons. The number of rotatable bonds is 4. The third kappa shape index (κ3) is 3.55. The molecule has 0 unspecified atom stereocenters. The maximum absolute atomic E-state index is 12.8. The highest BCUT2D eigenvalue weighted by Crippen LogP contribution is 2.40. The third-order valence-electron chi connectivity index (χ3n) is 5.29. The van der Waals surface area contributed by atoms with Gasteiger partial charge in [0.25, 0.3) is 0 Å². The highest BCUT2D eigenvalue weighted by Gasteiger charge is 2.31. The Morgan fingerprint density at radius 3 is 2.80 bits per heavy atom. The summed E-state index contributed by atoms with van der Waals surface area (Å²) >= 11 is 0. The van der Waals surface area contributed by atoms with Crippen LogP contribution in [0.5, 0.6) is 5.75 Å². The predicted octanol–water partition coefficient (Wildman–Crippen LogP) is 2.11. The fraction of sp³-hybridized carbons (Fsp3) is 0.429. The number of benzene rings is 1. The smallest absolute Gasteiger partial charge is 0.410 e. The van der Waals surface area contributed by atoms with Gasteiger partial charge in [-0.15, -0.1) is 0 Å². The number of aromatic hydroxyl groups is 1. The van der Waals surface area contributed by atoms with Crippen LogP contribution in [-0.4, -0.2) is 47.6 Å². The zero-order chi connectivity index (χ0) is 21.3. The molecule has 2 aromatic rings. The van der Waals surface area contributed by atoms with Crippen LogP contribution < -0.4 is 5.63 Å². The van der Waals surface area contributed by atoms with E-state index in [0.717, 1.165) is 0 Å². The standard InChI is InChI=1S/C21H23NO8/c1-2-6-29-21(26)22-5-4-13-14-9-12(11-23)17(24)16(20-27-7-3-8-28-20)18(14)30-19(25)15(13)10-22/h2,9,20,23-24H,1,3-8,10-11H2. The molecular weight excluding hydrogens is 394 g/mol. The van der Waals surface area contributed by atoms with Crippen molar-refractivity contribution in [3.63, 3.8) is 0 Å². The topological polar surface area (TPSA) is 119 Å². The second kappa shape index (κ2) is 8.47. The van der Waals surface area contributed by atoms with Crippen molar-refractivity contribution in [2.24, 2.45) is 0 Å². The predicted molar refractivity (Wildman–Crippen MR) is 105 cm³/mol. The summed E-state index contributed by atoms with van der Waals surface area (Å²) < 4.78 is 21.9. The van der Waals surface area contributed by atoms with Gasteiger partial charge in [0.15, 0.2) is 11.9 Å². The van der Waals surface area contributed by atoms with Crippen molar-refractivity contribution in [1.82, 2.24) is 4.90 Å². The lowest BCUT2D eigenvalue weighted by atomic mass is 9.94. The summed E-state index contributed by atoms with van der Waals surface area (Å²) in [6.07, 6.45) is 1.14. The van der Waals surface area contributed by atoms with Gasteiger partial charge < -0.3 is 33.7 Å². The quantitative estimate of drug-likeness (QED) is 0.574. The van der Waals surface area contributed by atoms with Crippen LogP contribution in [0.25, 0.3) is 11.0 Å². The largest absolute Gasteiger partial charge is 0.507 e. The van der Waals surface area contributed by atoms with Crippen LogP contribution in [0.15, 0.2) is 27.9 Å². The lowest BCUT2D eigenvalue weighted by molar-refractivity contribution is -0.183. The normalized spacial score (nSPS) is 17.0. The Morgan fingerprint density at radius 2 is 2.10 bits per heavy atom. The van der Waals surface area contributed by atoms with Gasteiger partial charge in [0.1, 0.15) is 12.4 Å². The first-order chi connectivity index (χ1) is 14.5. The molecule has 1 fully saturated rings. The molecule has 0 bridgehead atoms. The molecule has 0 aliphatic carbocycles. The van der Waals surface area contributed by atoms with E-state index >= 15 is 0 Å². The summed E-state index contributed by atoms with van der Waals surface area (Å²) in [6, 6.07) is 1.60. The number of ether oxygens (including phenoxy) is 3. The van der Waals surface area contributed by atoms with Crippen molar-refractivity contribution >= 4 is 17.1 Å². The number of aliphatic hydroxyl groups is 1. The van der Waals surface area contributed by atoms with Gasteiger partial charge in [-0.2, -0.15) is 0 Å². The van der Waals surface area contributed by atoms with Crippen LogP contribution >= 0.6 is 0 Å². The van der Waals surface area contributed by atoms with Crippen LogP contribution in [0.2, 0.25) is 0 Å². The Morgan fingerprint density at radius 1 is 1.33 bits per heavy atom. The molecule has 2 N–H and O–H groups in total. The van der Waals surface area contributed by atoms with E-state index in [1.54, 1.807) is 6.07 Å². The molecule has 2 aliphatic rings. The van der Waals surface area contributed by atoms with Crippen molar-refractivity contribution in [2.75, 3.05) is 26.4 Å². The van der Waals surface area contributed by atoms with Gasteiger partial charge in [-0.3, -0.25) is 0 Å². The van der Waals surface area contributed by atoms with E-state index in [2.05, 4.69) is 6.58 Å². The highest BCUT2D eigenvalue weighted by atomic mass is 16.7. The first-order valence-electron chi connectivity index (χ1n) is 9.75. The van der Waals surface area contributed by atoms with E-state index in [0.29, 0.717) is 49.1 Å². The SMILES string of the molecule is C=CCOC(=O)N1CCc2c(c(=O)oc3c(C4OCCCO4)c(O)c(CO)cc23)C1. The van der Waals surface area contributed by atoms with Crippen LogP contribution in [0, 0.1) is 0 Å². The average Bonchev–Trinajstić information content (AvgIpc) is 2.77. The first kappa shape index (κ1) is 20.4. The van der Waals surface area contributed by atoms with Gasteiger partial charge in [0.2, 0.25) is 0 Å². The molecule has 9 heteroatoms. The summed E-state index contributed by atoms with van der Waals surface area (Å²) in [7, 11) is 0. The zero-order valence-electron chi connectivity index (χ0n) is 16.4. The number of carbonyl (C=O) groups excluding carboxylic acids is 1. The van der Waals surface area contributed by atoms with Gasteiger partial charge in [-0.05, 0) is 24.5 Å². The second-order valence-corrected chi connectivity index (χ2v) is 7.14. The van der Waals surface area contributed by atoms with Crippen molar-refractivity contribution in [1.29, 1.82) is 0 Å². The molecule has 0 spiro atoms. The van der Waals surface area contributed by atoms with E-state index in [1.165, 1.54) is 11.0 Å². The monoisotopic (exact) mass is 417 g/mol. The fourth-order valence-corrected chi connectivity index (χ4v) is 3.84. The fourth-order valence-electron chi connectivity index (χ4n) is 3.84. The summed E-state index contributed by atoms with van der Waals surface area (Å²) in [5, 5.41) is 21.0. The first-order valence-corrected chi connectivity index (χ1v) is 9.75. The molecule has 4 rings (SSSR count). The van der Waals surface area contributed by atoms with Crippen LogP contribution in [0.3, 0.4) is 0 Å². The molecule has 9 nitrogen and oxygen atoms in total. The van der Waals surface area contributed by atoms with Gasteiger partial charge >= 0.3 is 11.7 Å². The third-order valence-corrected chi connectivity index (χ3v) is 5.29. The van der Waals surface area contributed by atoms with Crippen LogP contribution in [0.4, 0.5) is 4.79 Å². The summed E-state index contributed by atoms with van der Waals surface area (Å²) in [6.45, 7) is 4.45. The van der Waals surface area contributed by atoms with E-state index in [4.69, 9.17) is 18.6 Å². The van der Waals surface area contributed by atoms with E-state index in [9.17, 15) is 19.8 Å². The molecule has 3 heterocycles. The molecule has 2 aliphatic heterocycles. The lowest BCUT2D eigenvalue weighted by Gasteiger charge is -2.29. The van der Waals surface area contributed by atoms with E-state index < -0.39 is 24.6 Å². The average molecular weight is 417 g/mol. The van der Waals surface area contributed by atoms with Gasteiger partial charge in [-0.1, -0.05) is 12.7 Å². The van der Waals surface area contributed by atoms with Crippen LogP contribution in [0.1, 0.15) is 35.0 Å². The minimum atomic E-state index is -0.900. The van der Waals surface area contributed by atoms with Crippen molar-refractivity contribution in [3.05, 3.63) is 51.4 Å². The summed E-state index contributed by atoms with van der Waals surface area (Å²) in [5.41, 5.74) is 1.09. The summed E-state index contributed by atoms with van der Waals surface area (Å²) in [5.74, 6) is -0.217. The number of aliphatic hydroxyl groups excluding tert-OH is 1. The number of phenols is 1. The molecule has 0 atom stereocenters.